The SMILES string of the molecule is CC(C)C[C@H](N)C(=O)CN[C@]1(C)CCCCCC/C=C/CCC[C@@](C)(C(=O)CN[C@@H](Cc2ccccc2)C(N)=O)NCC1=O. The van der Waals surface area contributed by atoms with Crippen LogP contribution in [-0.4, -0.2) is 66.1 Å². The Hall–Kier alpha value is -2.72. The summed E-state index contributed by atoms with van der Waals surface area (Å²) in [5.41, 5.74) is 10.8. The Balaban J connectivity index is 2.17. The van der Waals surface area contributed by atoms with Gasteiger partial charge in [-0.3, -0.25) is 35.1 Å². The lowest BCUT2D eigenvalue weighted by Gasteiger charge is -2.34. The Kier molecular flexibility index (Phi) is 16.1. The lowest BCUT2D eigenvalue weighted by molar-refractivity contribution is -0.127. The first-order valence-electron chi connectivity index (χ1n) is 16.4. The number of benzene rings is 1. The van der Waals surface area contributed by atoms with Crippen molar-refractivity contribution >= 4 is 23.3 Å². The van der Waals surface area contributed by atoms with E-state index in [1.54, 1.807) is 0 Å². The highest BCUT2D eigenvalue weighted by Gasteiger charge is 2.37. The summed E-state index contributed by atoms with van der Waals surface area (Å²) in [6.45, 7) is 7.66. The summed E-state index contributed by atoms with van der Waals surface area (Å²) in [6.07, 6.45) is 13.1. The van der Waals surface area contributed by atoms with E-state index in [1.807, 2.05) is 58.0 Å². The highest BCUT2D eigenvalue weighted by molar-refractivity contribution is 5.94. The third-order valence-electron chi connectivity index (χ3n) is 8.81. The summed E-state index contributed by atoms with van der Waals surface area (Å²) in [6, 6.07) is 8.25. The van der Waals surface area contributed by atoms with Crippen molar-refractivity contribution in [3.05, 3.63) is 48.0 Å². The molecule has 1 aliphatic heterocycles. The maximum Gasteiger partial charge on any atom is 0.234 e. The minimum absolute atomic E-state index is 0.0248. The molecule has 9 heteroatoms. The van der Waals surface area contributed by atoms with Crippen molar-refractivity contribution in [3.8, 4) is 0 Å². The topological polar surface area (TPSA) is 156 Å². The van der Waals surface area contributed by atoms with E-state index < -0.39 is 29.1 Å². The quantitative estimate of drug-likeness (QED) is 0.212. The summed E-state index contributed by atoms with van der Waals surface area (Å²) >= 11 is 0. The van der Waals surface area contributed by atoms with Crippen LogP contribution in [0.3, 0.4) is 0 Å². The number of Topliss-reactive ketones (excluding diaryl/α,β-unsaturated/α-hetero) is 3. The first-order chi connectivity index (χ1) is 20.9. The van der Waals surface area contributed by atoms with Crippen molar-refractivity contribution in [2.45, 2.75) is 121 Å². The molecule has 0 unspecified atom stereocenters. The number of amides is 1. The molecular formula is C35H57N5O4. The van der Waals surface area contributed by atoms with Crippen molar-refractivity contribution in [2.24, 2.45) is 17.4 Å². The van der Waals surface area contributed by atoms with Crippen LogP contribution >= 0.6 is 0 Å². The van der Waals surface area contributed by atoms with Gasteiger partial charge in [-0.1, -0.05) is 75.6 Å². The molecule has 0 fully saturated rings. The molecule has 1 heterocycles. The molecule has 246 valence electrons. The molecule has 1 amide bonds. The minimum atomic E-state index is -1.00. The third kappa shape index (κ3) is 13.1. The van der Waals surface area contributed by atoms with E-state index in [0.29, 0.717) is 31.6 Å². The van der Waals surface area contributed by atoms with Gasteiger partial charge < -0.3 is 11.5 Å². The van der Waals surface area contributed by atoms with Gasteiger partial charge in [-0.05, 0) is 76.7 Å². The van der Waals surface area contributed by atoms with Gasteiger partial charge in [-0.2, -0.15) is 0 Å². The predicted octanol–water partition coefficient (Wildman–Crippen LogP) is 3.53. The van der Waals surface area contributed by atoms with Crippen molar-refractivity contribution in [1.29, 1.82) is 0 Å². The number of rotatable bonds is 13. The number of nitrogens with one attached hydrogen (secondary N) is 3. The Labute approximate surface area is 264 Å². The van der Waals surface area contributed by atoms with Gasteiger partial charge in [0.05, 0.1) is 42.8 Å². The van der Waals surface area contributed by atoms with Crippen LogP contribution < -0.4 is 27.4 Å². The van der Waals surface area contributed by atoms with E-state index in [0.717, 1.165) is 50.5 Å². The molecule has 44 heavy (non-hydrogen) atoms. The zero-order valence-electron chi connectivity index (χ0n) is 27.5. The zero-order chi connectivity index (χ0) is 32.6. The van der Waals surface area contributed by atoms with E-state index in [-0.39, 0.29) is 37.0 Å². The van der Waals surface area contributed by atoms with Crippen molar-refractivity contribution in [1.82, 2.24) is 16.0 Å². The third-order valence-corrected chi connectivity index (χ3v) is 8.81. The Morgan fingerprint density at radius 2 is 1.59 bits per heavy atom. The van der Waals surface area contributed by atoms with Crippen LogP contribution in [0.4, 0.5) is 0 Å². The van der Waals surface area contributed by atoms with Crippen LogP contribution in [0, 0.1) is 5.92 Å². The van der Waals surface area contributed by atoms with Crippen molar-refractivity contribution in [3.63, 3.8) is 0 Å². The summed E-state index contributed by atoms with van der Waals surface area (Å²) in [5.74, 6) is -0.568. The van der Waals surface area contributed by atoms with Gasteiger partial charge in [0, 0.05) is 0 Å². The van der Waals surface area contributed by atoms with Gasteiger partial charge in [0.1, 0.15) is 0 Å². The lowest BCUT2D eigenvalue weighted by Crippen LogP contribution is -2.60. The van der Waals surface area contributed by atoms with Gasteiger partial charge in [0.15, 0.2) is 17.3 Å². The van der Waals surface area contributed by atoms with Crippen LogP contribution in [0.2, 0.25) is 0 Å². The molecule has 1 aromatic rings. The molecule has 0 saturated carbocycles. The number of carbonyl (C=O) groups excluding carboxylic acids is 4. The highest BCUT2D eigenvalue weighted by atomic mass is 16.2. The van der Waals surface area contributed by atoms with Crippen LogP contribution in [0.1, 0.15) is 97.5 Å². The second kappa shape index (κ2) is 18.9. The van der Waals surface area contributed by atoms with Crippen molar-refractivity contribution in [2.75, 3.05) is 19.6 Å². The van der Waals surface area contributed by atoms with E-state index in [2.05, 4.69) is 28.1 Å². The number of nitrogens with two attached hydrogens (primary N) is 2. The normalized spacial score (nSPS) is 24.8. The monoisotopic (exact) mass is 611 g/mol. The molecule has 0 spiro atoms. The van der Waals surface area contributed by atoms with Gasteiger partial charge in [0.2, 0.25) is 5.91 Å². The second-order valence-corrected chi connectivity index (χ2v) is 13.3. The summed E-state index contributed by atoms with van der Waals surface area (Å²) < 4.78 is 0. The number of allylic oxidation sites excluding steroid dienone is 2. The van der Waals surface area contributed by atoms with Crippen LogP contribution in [0.5, 0.6) is 0 Å². The molecule has 0 aliphatic carbocycles. The molecule has 2 rings (SSSR count). The fraction of sp³-hybridized carbons (Fsp3) is 0.657. The zero-order valence-corrected chi connectivity index (χ0v) is 27.5. The maximum absolute atomic E-state index is 13.8. The lowest BCUT2D eigenvalue weighted by atomic mass is 9.86. The minimum Gasteiger partial charge on any atom is -0.368 e. The summed E-state index contributed by atoms with van der Waals surface area (Å²) in [4.78, 5) is 52.5. The standard InChI is InChI=1S/C35H57N5O4/c1-26(2)21-28(36)30(41)23-39-35(4)20-16-11-9-7-5-6-8-10-15-19-34(3,40-25-32(35)43)31(42)24-38-29(33(37)44)22-27-17-13-12-14-18-27/h6,8,12-14,17-18,26,28-29,38-40H,5,7,9-11,15-16,19-25,36H2,1-4H3,(H2,37,44)/b8-6+/t28-,29-,34-,35+/m0/s1. The fourth-order valence-electron chi connectivity index (χ4n) is 5.61. The molecule has 0 saturated heterocycles. The number of carbonyl (C=O) groups is 4. The maximum atomic E-state index is 13.8. The summed E-state index contributed by atoms with van der Waals surface area (Å²) in [5, 5.41) is 9.62. The molecule has 0 bridgehead atoms. The largest absolute Gasteiger partial charge is 0.368 e. The van der Waals surface area contributed by atoms with Gasteiger partial charge in [-0.15, -0.1) is 0 Å². The van der Waals surface area contributed by atoms with E-state index in [1.165, 1.54) is 0 Å². The van der Waals surface area contributed by atoms with Crippen molar-refractivity contribution < 1.29 is 19.2 Å². The van der Waals surface area contributed by atoms with Gasteiger partial charge in [0.25, 0.3) is 0 Å². The number of hydrogen-bond acceptors (Lipinski definition) is 8. The smallest absolute Gasteiger partial charge is 0.234 e. The van der Waals surface area contributed by atoms with Crippen LogP contribution in [0.15, 0.2) is 42.5 Å². The number of primary amides is 1. The predicted molar refractivity (Wildman–Crippen MR) is 177 cm³/mol. The van der Waals surface area contributed by atoms with E-state index in [9.17, 15) is 19.2 Å². The van der Waals surface area contributed by atoms with E-state index >= 15 is 0 Å². The fourth-order valence-corrected chi connectivity index (χ4v) is 5.61. The highest BCUT2D eigenvalue weighted by Crippen LogP contribution is 2.21. The Morgan fingerprint density at radius 1 is 0.932 bits per heavy atom. The molecule has 1 aliphatic rings. The van der Waals surface area contributed by atoms with Crippen LogP contribution in [0.25, 0.3) is 0 Å². The van der Waals surface area contributed by atoms with Gasteiger partial charge >= 0.3 is 0 Å². The number of hydrogen-bond donors (Lipinski definition) is 5. The van der Waals surface area contributed by atoms with Crippen LogP contribution in [-0.2, 0) is 25.6 Å². The molecule has 9 nitrogen and oxygen atoms in total. The molecule has 4 atom stereocenters. The average molecular weight is 612 g/mol. The first-order valence-corrected chi connectivity index (χ1v) is 16.4. The number of ketones is 3. The summed E-state index contributed by atoms with van der Waals surface area (Å²) in [7, 11) is 0. The molecule has 7 N–H and O–H groups in total. The van der Waals surface area contributed by atoms with Gasteiger partial charge in [-0.25, -0.2) is 0 Å². The second-order valence-electron chi connectivity index (χ2n) is 13.3. The first kappa shape index (κ1) is 37.5. The molecule has 0 aromatic heterocycles. The molecular weight excluding hydrogens is 554 g/mol. The average Bonchev–Trinajstić information content (AvgIpc) is 2.98. The molecule has 1 aromatic carbocycles. The van der Waals surface area contributed by atoms with E-state index in [4.69, 9.17) is 11.5 Å². The Morgan fingerprint density at radius 3 is 2.25 bits per heavy atom. The molecule has 0 radical (unpaired) electrons. The Bertz CT molecular complexity index is 1090.